The minimum atomic E-state index is -1.02. The third kappa shape index (κ3) is 3.65. The molecule has 0 saturated heterocycles. The van der Waals surface area contributed by atoms with Crippen LogP contribution in [0.15, 0.2) is 59.3 Å². The number of nitrogens with one attached hydrogen (secondary N) is 1. The SMILES string of the molecule is O[C@H](CNc1nc(-c2ccsc2)nc2ccccc12)c1ccc(F)c(F)c1. The van der Waals surface area contributed by atoms with Crippen molar-refractivity contribution in [2.45, 2.75) is 6.10 Å². The van der Waals surface area contributed by atoms with Crippen molar-refractivity contribution in [3.8, 4) is 11.4 Å². The maximum Gasteiger partial charge on any atom is 0.162 e. The van der Waals surface area contributed by atoms with Crippen molar-refractivity contribution in [2.24, 2.45) is 0 Å². The third-order valence-corrected chi connectivity index (χ3v) is 4.86. The number of aromatic nitrogens is 2. The first-order valence-corrected chi connectivity index (χ1v) is 9.22. The summed E-state index contributed by atoms with van der Waals surface area (Å²) >= 11 is 1.56. The van der Waals surface area contributed by atoms with Crippen molar-refractivity contribution in [3.05, 3.63) is 76.5 Å². The molecule has 0 amide bonds. The van der Waals surface area contributed by atoms with Crippen LogP contribution < -0.4 is 5.32 Å². The predicted octanol–water partition coefficient (Wildman–Crippen LogP) is 4.78. The number of hydrogen-bond acceptors (Lipinski definition) is 5. The quantitative estimate of drug-likeness (QED) is 0.521. The van der Waals surface area contributed by atoms with Gasteiger partial charge >= 0.3 is 0 Å². The fraction of sp³-hybridized carbons (Fsp3) is 0.100. The second-order valence-electron chi connectivity index (χ2n) is 6.00. The predicted molar refractivity (Wildman–Crippen MR) is 103 cm³/mol. The molecule has 27 heavy (non-hydrogen) atoms. The second kappa shape index (κ2) is 7.38. The lowest BCUT2D eigenvalue weighted by molar-refractivity contribution is 0.191. The lowest BCUT2D eigenvalue weighted by atomic mass is 10.1. The van der Waals surface area contributed by atoms with Crippen LogP contribution in [-0.4, -0.2) is 21.6 Å². The van der Waals surface area contributed by atoms with Crippen molar-refractivity contribution in [3.63, 3.8) is 0 Å². The molecule has 0 aliphatic rings. The van der Waals surface area contributed by atoms with Gasteiger partial charge in [0.2, 0.25) is 0 Å². The van der Waals surface area contributed by atoms with Gasteiger partial charge in [-0.1, -0.05) is 18.2 Å². The molecule has 4 aromatic rings. The van der Waals surface area contributed by atoms with Crippen molar-refractivity contribution >= 4 is 28.1 Å². The molecule has 0 spiro atoms. The zero-order chi connectivity index (χ0) is 18.8. The van der Waals surface area contributed by atoms with Gasteiger partial charge < -0.3 is 10.4 Å². The first-order valence-electron chi connectivity index (χ1n) is 8.28. The summed E-state index contributed by atoms with van der Waals surface area (Å²) < 4.78 is 26.5. The number of rotatable bonds is 5. The summed E-state index contributed by atoms with van der Waals surface area (Å²) in [5, 5.41) is 18.2. The molecule has 2 heterocycles. The number of benzene rings is 2. The van der Waals surface area contributed by atoms with Crippen molar-refractivity contribution in [2.75, 3.05) is 11.9 Å². The molecule has 2 N–H and O–H groups in total. The van der Waals surface area contributed by atoms with E-state index in [0.29, 0.717) is 11.6 Å². The van der Waals surface area contributed by atoms with Gasteiger partial charge in [0.1, 0.15) is 5.82 Å². The highest BCUT2D eigenvalue weighted by atomic mass is 32.1. The summed E-state index contributed by atoms with van der Waals surface area (Å²) in [6.45, 7) is 0.0924. The van der Waals surface area contributed by atoms with Gasteiger partial charge in [0, 0.05) is 22.9 Å². The summed E-state index contributed by atoms with van der Waals surface area (Å²) in [6.07, 6.45) is -1.02. The molecule has 0 aliphatic carbocycles. The Balaban J connectivity index is 1.63. The summed E-state index contributed by atoms with van der Waals surface area (Å²) in [7, 11) is 0. The molecule has 136 valence electrons. The topological polar surface area (TPSA) is 58.0 Å². The van der Waals surface area contributed by atoms with Gasteiger partial charge in [-0.3, -0.25) is 0 Å². The molecule has 2 aromatic heterocycles. The Morgan fingerprint density at radius 1 is 1.04 bits per heavy atom. The van der Waals surface area contributed by atoms with E-state index >= 15 is 0 Å². The van der Waals surface area contributed by atoms with E-state index in [9.17, 15) is 13.9 Å². The average Bonchev–Trinajstić information content (AvgIpc) is 3.22. The number of thiophene rings is 1. The van der Waals surface area contributed by atoms with Crippen molar-refractivity contribution in [1.29, 1.82) is 0 Å². The first-order chi connectivity index (χ1) is 13.1. The highest BCUT2D eigenvalue weighted by Crippen LogP contribution is 2.26. The van der Waals surface area contributed by atoms with Crippen LogP contribution in [0.25, 0.3) is 22.3 Å². The van der Waals surface area contributed by atoms with Crippen LogP contribution in [-0.2, 0) is 0 Å². The largest absolute Gasteiger partial charge is 0.387 e. The molecular formula is C20H15F2N3OS. The Morgan fingerprint density at radius 2 is 1.89 bits per heavy atom. The summed E-state index contributed by atoms with van der Waals surface area (Å²) in [5.74, 6) is -0.775. The van der Waals surface area contributed by atoms with E-state index in [1.165, 1.54) is 6.07 Å². The highest BCUT2D eigenvalue weighted by molar-refractivity contribution is 7.08. The van der Waals surface area contributed by atoms with Crippen LogP contribution >= 0.6 is 11.3 Å². The fourth-order valence-electron chi connectivity index (χ4n) is 2.76. The zero-order valence-electron chi connectivity index (χ0n) is 14.1. The van der Waals surface area contributed by atoms with Crippen LogP contribution in [0.2, 0.25) is 0 Å². The van der Waals surface area contributed by atoms with E-state index in [2.05, 4.69) is 15.3 Å². The van der Waals surface area contributed by atoms with Crippen LogP contribution in [0.5, 0.6) is 0 Å². The maximum absolute atomic E-state index is 13.4. The lowest BCUT2D eigenvalue weighted by Gasteiger charge is -2.15. The molecule has 0 saturated carbocycles. The maximum atomic E-state index is 13.4. The van der Waals surface area contributed by atoms with E-state index in [-0.39, 0.29) is 12.1 Å². The van der Waals surface area contributed by atoms with Gasteiger partial charge in [-0.2, -0.15) is 11.3 Å². The van der Waals surface area contributed by atoms with E-state index in [1.807, 2.05) is 41.1 Å². The van der Waals surface area contributed by atoms with E-state index < -0.39 is 17.7 Å². The van der Waals surface area contributed by atoms with Gasteiger partial charge in [-0.05, 0) is 41.3 Å². The summed E-state index contributed by atoms with van der Waals surface area (Å²) in [5.41, 5.74) is 1.98. The van der Waals surface area contributed by atoms with Gasteiger partial charge in [0.15, 0.2) is 17.5 Å². The number of para-hydroxylation sites is 1. The molecular weight excluding hydrogens is 368 g/mol. The minimum absolute atomic E-state index is 0.0924. The molecule has 0 radical (unpaired) electrons. The first kappa shape index (κ1) is 17.5. The number of fused-ring (bicyclic) bond motifs is 1. The van der Waals surface area contributed by atoms with Gasteiger partial charge in [-0.15, -0.1) is 0 Å². The van der Waals surface area contributed by atoms with Crippen molar-refractivity contribution < 1.29 is 13.9 Å². The normalized spacial score (nSPS) is 12.3. The number of halogens is 2. The molecule has 0 bridgehead atoms. The highest BCUT2D eigenvalue weighted by Gasteiger charge is 2.14. The number of nitrogens with zero attached hydrogens (tertiary/aromatic N) is 2. The number of hydrogen-bond donors (Lipinski definition) is 2. The molecule has 4 nitrogen and oxygen atoms in total. The molecule has 0 aliphatic heterocycles. The molecule has 7 heteroatoms. The van der Waals surface area contributed by atoms with Gasteiger partial charge in [0.25, 0.3) is 0 Å². The van der Waals surface area contributed by atoms with Gasteiger partial charge in [-0.25, -0.2) is 18.7 Å². The Labute approximate surface area is 158 Å². The molecule has 1 atom stereocenters. The van der Waals surface area contributed by atoms with Gasteiger partial charge in [0.05, 0.1) is 11.6 Å². The Hall–Kier alpha value is -2.90. The fourth-order valence-corrected chi connectivity index (χ4v) is 3.40. The average molecular weight is 383 g/mol. The summed E-state index contributed by atoms with van der Waals surface area (Å²) in [4.78, 5) is 9.17. The zero-order valence-corrected chi connectivity index (χ0v) is 14.9. The Kier molecular flexibility index (Phi) is 4.79. The number of anilines is 1. The molecule has 0 fully saturated rings. The van der Waals surface area contributed by atoms with E-state index in [4.69, 9.17) is 0 Å². The van der Waals surface area contributed by atoms with Crippen LogP contribution in [0.1, 0.15) is 11.7 Å². The molecule has 4 rings (SSSR count). The van der Waals surface area contributed by atoms with E-state index in [1.54, 1.807) is 11.3 Å². The molecule has 0 unspecified atom stereocenters. The monoisotopic (exact) mass is 383 g/mol. The second-order valence-corrected chi connectivity index (χ2v) is 6.78. The minimum Gasteiger partial charge on any atom is -0.387 e. The third-order valence-electron chi connectivity index (χ3n) is 4.17. The van der Waals surface area contributed by atoms with Crippen LogP contribution in [0, 0.1) is 11.6 Å². The number of aliphatic hydroxyl groups excluding tert-OH is 1. The lowest BCUT2D eigenvalue weighted by Crippen LogP contribution is -2.14. The Bertz CT molecular complexity index is 1090. The van der Waals surface area contributed by atoms with Crippen LogP contribution in [0.3, 0.4) is 0 Å². The van der Waals surface area contributed by atoms with E-state index in [0.717, 1.165) is 28.6 Å². The standard InChI is InChI=1S/C20H15F2N3OS/c21-15-6-5-12(9-16(15)22)18(26)10-23-20-14-3-1-2-4-17(14)24-19(25-20)13-7-8-27-11-13/h1-9,11,18,26H,10H2,(H,23,24,25)/t18-/m1/s1. The smallest absolute Gasteiger partial charge is 0.162 e. The van der Waals surface area contributed by atoms with Crippen LogP contribution in [0.4, 0.5) is 14.6 Å². The Morgan fingerprint density at radius 3 is 2.67 bits per heavy atom. The van der Waals surface area contributed by atoms with Crippen molar-refractivity contribution in [1.82, 2.24) is 9.97 Å². The summed E-state index contributed by atoms with van der Waals surface area (Å²) in [6, 6.07) is 12.9. The molecule has 2 aromatic carbocycles. The number of aliphatic hydroxyl groups is 1.